The van der Waals surface area contributed by atoms with Crippen LogP contribution in [0, 0.1) is 0 Å². The van der Waals surface area contributed by atoms with Gasteiger partial charge in [0, 0.05) is 0 Å². The maximum absolute atomic E-state index is 12.3. The Labute approximate surface area is 149 Å². The molecule has 0 aliphatic rings. The van der Waals surface area contributed by atoms with Gasteiger partial charge in [-0.25, -0.2) is 9.59 Å². The molecule has 0 saturated heterocycles. The summed E-state index contributed by atoms with van der Waals surface area (Å²) in [5, 5.41) is 6.01. The van der Waals surface area contributed by atoms with Crippen molar-refractivity contribution in [3.8, 4) is 0 Å². The summed E-state index contributed by atoms with van der Waals surface area (Å²) in [4.78, 5) is 24.5. The molecule has 0 radical (unpaired) electrons. The van der Waals surface area contributed by atoms with Crippen molar-refractivity contribution in [1.82, 2.24) is 0 Å². The first-order valence-electron chi connectivity index (χ1n) is 8.19. The van der Waals surface area contributed by atoms with Crippen LogP contribution in [0.3, 0.4) is 0 Å². The monoisotopic (exact) mass is 344 g/mol. The van der Waals surface area contributed by atoms with Crippen LogP contribution in [0.25, 0.3) is 32.3 Å². The van der Waals surface area contributed by atoms with E-state index in [1.54, 1.807) is 12.1 Å². The molecule has 0 N–H and O–H groups in total. The van der Waals surface area contributed by atoms with E-state index >= 15 is 0 Å². The van der Waals surface area contributed by atoms with Gasteiger partial charge < -0.3 is 9.47 Å². The first-order chi connectivity index (χ1) is 12.7. The second-order valence-corrected chi connectivity index (χ2v) is 6.02. The van der Waals surface area contributed by atoms with Crippen LogP contribution in [0.4, 0.5) is 0 Å². The van der Waals surface area contributed by atoms with Gasteiger partial charge in [-0.1, -0.05) is 48.5 Å². The zero-order valence-electron chi connectivity index (χ0n) is 14.4. The van der Waals surface area contributed by atoms with Gasteiger partial charge in [-0.3, -0.25) is 0 Å². The Morgan fingerprint density at radius 3 is 1.19 bits per heavy atom. The predicted molar refractivity (Wildman–Crippen MR) is 102 cm³/mol. The lowest BCUT2D eigenvalue weighted by molar-refractivity contribution is 0.0555. The van der Waals surface area contributed by atoms with Crippen molar-refractivity contribution in [2.75, 3.05) is 14.2 Å². The van der Waals surface area contributed by atoms with Gasteiger partial charge in [-0.15, -0.1) is 0 Å². The molecule has 4 aromatic carbocycles. The van der Waals surface area contributed by atoms with Crippen LogP contribution in [-0.2, 0) is 9.47 Å². The fourth-order valence-electron chi connectivity index (χ4n) is 3.51. The SMILES string of the molecule is COC(=O)c1cc2c3ccccc3c3ccccc3c2cc1C(=O)OC. The number of esters is 2. The van der Waals surface area contributed by atoms with Crippen LogP contribution < -0.4 is 0 Å². The summed E-state index contributed by atoms with van der Waals surface area (Å²) >= 11 is 0. The maximum Gasteiger partial charge on any atom is 0.338 e. The number of carbonyl (C=O) groups is 2. The molecular weight excluding hydrogens is 328 g/mol. The lowest BCUT2D eigenvalue weighted by Gasteiger charge is -2.13. The Bertz CT molecular complexity index is 1100. The minimum absolute atomic E-state index is 0.201. The van der Waals surface area contributed by atoms with E-state index in [-0.39, 0.29) is 11.1 Å². The highest BCUT2D eigenvalue weighted by Crippen LogP contribution is 2.36. The number of methoxy groups -OCH3 is 2. The quantitative estimate of drug-likeness (QED) is 0.390. The van der Waals surface area contributed by atoms with Gasteiger partial charge in [0.25, 0.3) is 0 Å². The first-order valence-corrected chi connectivity index (χ1v) is 8.19. The van der Waals surface area contributed by atoms with Gasteiger partial charge in [0.1, 0.15) is 0 Å². The topological polar surface area (TPSA) is 52.6 Å². The van der Waals surface area contributed by atoms with Crippen LogP contribution in [0.1, 0.15) is 20.7 Å². The van der Waals surface area contributed by atoms with Gasteiger partial charge in [0.15, 0.2) is 0 Å². The Balaban J connectivity index is 2.26. The lowest BCUT2D eigenvalue weighted by atomic mass is 9.91. The Kier molecular flexibility index (Phi) is 3.81. The van der Waals surface area contributed by atoms with Crippen molar-refractivity contribution < 1.29 is 19.1 Å². The van der Waals surface area contributed by atoms with Crippen molar-refractivity contribution in [3.63, 3.8) is 0 Å². The highest BCUT2D eigenvalue weighted by molar-refractivity contribution is 6.27. The fraction of sp³-hybridized carbons (Fsp3) is 0.0909. The van der Waals surface area contributed by atoms with Crippen LogP contribution in [0.2, 0.25) is 0 Å². The summed E-state index contributed by atoms with van der Waals surface area (Å²) in [6.07, 6.45) is 0. The van der Waals surface area contributed by atoms with E-state index in [0.717, 1.165) is 32.3 Å². The molecule has 4 heteroatoms. The molecular formula is C22H16O4. The normalized spacial score (nSPS) is 11.0. The minimum atomic E-state index is -0.565. The number of ether oxygens (including phenoxy) is 2. The molecule has 0 aliphatic heterocycles. The van der Waals surface area contributed by atoms with Crippen molar-refractivity contribution in [3.05, 3.63) is 71.8 Å². The van der Waals surface area contributed by atoms with E-state index in [1.807, 2.05) is 36.4 Å². The van der Waals surface area contributed by atoms with Gasteiger partial charge in [0.05, 0.1) is 25.3 Å². The zero-order chi connectivity index (χ0) is 18.3. The highest BCUT2D eigenvalue weighted by atomic mass is 16.5. The van der Waals surface area contributed by atoms with E-state index in [9.17, 15) is 9.59 Å². The van der Waals surface area contributed by atoms with Gasteiger partial charge in [0.2, 0.25) is 0 Å². The van der Waals surface area contributed by atoms with Crippen molar-refractivity contribution in [1.29, 1.82) is 0 Å². The van der Waals surface area contributed by atoms with Crippen molar-refractivity contribution >= 4 is 44.3 Å². The van der Waals surface area contributed by atoms with Crippen LogP contribution in [0.5, 0.6) is 0 Å². The summed E-state index contributed by atoms with van der Waals surface area (Å²) in [6, 6.07) is 19.5. The third-order valence-corrected chi connectivity index (χ3v) is 4.69. The third-order valence-electron chi connectivity index (χ3n) is 4.69. The molecule has 4 rings (SSSR count). The molecule has 0 heterocycles. The largest absolute Gasteiger partial charge is 0.465 e. The van der Waals surface area contributed by atoms with Crippen molar-refractivity contribution in [2.45, 2.75) is 0 Å². The zero-order valence-corrected chi connectivity index (χ0v) is 14.4. The average molecular weight is 344 g/mol. The number of hydrogen-bond acceptors (Lipinski definition) is 4. The molecule has 4 aromatic rings. The van der Waals surface area contributed by atoms with E-state index in [0.29, 0.717) is 0 Å². The molecule has 0 amide bonds. The standard InChI is InChI=1S/C22H16O4/c1-25-21(23)19-11-17-15-9-5-3-7-13(15)14-8-4-6-10-16(14)18(17)12-20(19)22(24)26-2/h3-12H,1-2H3. The van der Waals surface area contributed by atoms with Gasteiger partial charge >= 0.3 is 11.9 Å². The lowest BCUT2D eigenvalue weighted by Crippen LogP contribution is -2.12. The van der Waals surface area contributed by atoms with Gasteiger partial charge in [-0.05, 0) is 44.5 Å². The van der Waals surface area contributed by atoms with Crippen LogP contribution in [-0.4, -0.2) is 26.2 Å². The highest BCUT2D eigenvalue weighted by Gasteiger charge is 2.21. The predicted octanol–water partition coefficient (Wildman–Crippen LogP) is 4.72. The average Bonchev–Trinajstić information content (AvgIpc) is 2.71. The molecule has 128 valence electrons. The molecule has 0 atom stereocenters. The number of carbonyl (C=O) groups excluding carboxylic acids is 2. The molecule has 0 spiro atoms. The second-order valence-electron chi connectivity index (χ2n) is 6.02. The molecule has 26 heavy (non-hydrogen) atoms. The Hall–Kier alpha value is -3.40. The van der Waals surface area contributed by atoms with Crippen LogP contribution >= 0.6 is 0 Å². The second kappa shape index (κ2) is 6.15. The number of fused-ring (bicyclic) bond motifs is 6. The molecule has 0 unspecified atom stereocenters. The summed E-state index contributed by atoms with van der Waals surface area (Å²) in [7, 11) is 2.60. The number of benzene rings is 4. The van der Waals surface area contributed by atoms with Crippen molar-refractivity contribution in [2.24, 2.45) is 0 Å². The van der Waals surface area contributed by atoms with E-state index in [2.05, 4.69) is 12.1 Å². The first kappa shape index (κ1) is 16.1. The van der Waals surface area contributed by atoms with Gasteiger partial charge in [-0.2, -0.15) is 0 Å². The summed E-state index contributed by atoms with van der Waals surface area (Å²) < 4.78 is 9.75. The van der Waals surface area contributed by atoms with Crippen LogP contribution in [0.15, 0.2) is 60.7 Å². The van der Waals surface area contributed by atoms with E-state index in [4.69, 9.17) is 9.47 Å². The Morgan fingerprint density at radius 1 is 0.577 bits per heavy atom. The number of rotatable bonds is 2. The molecule has 0 aliphatic carbocycles. The summed E-state index contributed by atoms with van der Waals surface area (Å²) in [5.74, 6) is -1.13. The minimum Gasteiger partial charge on any atom is -0.465 e. The van der Waals surface area contributed by atoms with E-state index < -0.39 is 11.9 Å². The molecule has 0 saturated carbocycles. The number of hydrogen-bond donors (Lipinski definition) is 0. The molecule has 0 bridgehead atoms. The Morgan fingerprint density at radius 2 is 0.885 bits per heavy atom. The fourth-order valence-corrected chi connectivity index (χ4v) is 3.51. The molecule has 0 aromatic heterocycles. The van der Waals surface area contributed by atoms with E-state index in [1.165, 1.54) is 14.2 Å². The smallest absolute Gasteiger partial charge is 0.338 e. The summed E-state index contributed by atoms with van der Waals surface area (Å²) in [5.41, 5.74) is 0.402. The summed E-state index contributed by atoms with van der Waals surface area (Å²) in [6.45, 7) is 0. The molecule has 0 fully saturated rings. The molecule has 4 nitrogen and oxygen atoms in total. The third kappa shape index (κ3) is 2.30. The maximum atomic E-state index is 12.3.